The van der Waals surface area contributed by atoms with Crippen LogP contribution in [0.2, 0.25) is 0 Å². The van der Waals surface area contributed by atoms with Crippen molar-refractivity contribution in [2.45, 2.75) is 31.1 Å². The highest BCUT2D eigenvalue weighted by atomic mass is 32.2. The number of hydrogen-bond acceptors (Lipinski definition) is 3. The Morgan fingerprint density at radius 1 is 1.24 bits per heavy atom. The van der Waals surface area contributed by atoms with Crippen LogP contribution in [0.3, 0.4) is 0 Å². The summed E-state index contributed by atoms with van der Waals surface area (Å²) in [6, 6.07) is 6.28. The van der Waals surface area contributed by atoms with E-state index in [9.17, 15) is 0 Å². The molecule has 0 atom stereocenters. The van der Waals surface area contributed by atoms with E-state index in [0.717, 1.165) is 11.4 Å². The van der Waals surface area contributed by atoms with Crippen LogP contribution in [-0.4, -0.2) is 30.3 Å². The summed E-state index contributed by atoms with van der Waals surface area (Å²) in [5.41, 5.74) is 8.18. The quantitative estimate of drug-likeness (QED) is 0.657. The van der Waals surface area contributed by atoms with E-state index in [0.29, 0.717) is 0 Å². The largest absolute Gasteiger partial charge is 0.398 e. The first-order valence-corrected chi connectivity index (χ1v) is 7.45. The standard InChI is InChI=1S/C14H22N2S/c1-12-5-6-13(15)14(11-12)17-10-9-16-7-3-2-4-8-16/h5-6,11H,2-4,7-10,15H2,1H3. The molecule has 0 radical (unpaired) electrons. The van der Waals surface area contributed by atoms with Crippen LogP contribution in [0.5, 0.6) is 0 Å². The van der Waals surface area contributed by atoms with Crippen molar-refractivity contribution < 1.29 is 0 Å². The molecule has 0 saturated carbocycles. The van der Waals surface area contributed by atoms with Gasteiger partial charge in [-0.1, -0.05) is 12.5 Å². The van der Waals surface area contributed by atoms with E-state index in [2.05, 4.69) is 24.0 Å². The number of anilines is 1. The van der Waals surface area contributed by atoms with Crippen LogP contribution >= 0.6 is 11.8 Å². The fourth-order valence-electron chi connectivity index (χ4n) is 2.23. The first kappa shape index (κ1) is 12.8. The van der Waals surface area contributed by atoms with Crippen molar-refractivity contribution in [1.82, 2.24) is 4.90 Å². The summed E-state index contributed by atoms with van der Waals surface area (Å²) in [6.07, 6.45) is 4.16. The molecular weight excluding hydrogens is 228 g/mol. The zero-order valence-electron chi connectivity index (χ0n) is 10.6. The van der Waals surface area contributed by atoms with Gasteiger partial charge in [0, 0.05) is 22.9 Å². The average Bonchev–Trinajstić information content (AvgIpc) is 2.35. The number of nitrogen functional groups attached to an aromatic ring is 1. The van der Waals surface area contributed by atoms with Crippen LogP contribution in [-0.2, 0) is 0 Å². The van der Waals surface area contributed by atoms with Crippen molar-refractivity contribution in [3.8, 4) is 0 Å². The van der Waals surface area contributed by atoms with Crippen molar-refractivity contribution in [3.05, 3.63) is 23.8 Å². The Kier molecular flexibility index (Phi) is 4.75. The Balaban J connectivity index is 1.79. The number of likely N-dealkylation sites (tertiary alicyclic amines) is 1. The maximum Gasteiger partial charge on any atom is 0.0452 e. The summed E-state index contributed by atoms with van der Waals surface area (Å²) in [4.78, 5) is 3.81. The van der Waals surface area contributed by atoms with Crippen LogP contribution in [0.4, 0.5) is 5.69 Å². The number of rotatable bonds is 4. The maximum absolute atomic E-state index is 5.97. The van der Waals surface area contributed by atoms with Gasteiger partial charge in [0.2, 0.25) is 0 Å². The van der Waals surface area contributed by atoms with Crippen molar-refractivity contribution in [1.29, 1.82) is 0 Å². The summed E-state index contributed by atoms with van der Waals surface area (Å²) < 4.78 is 0. The lowest BCUT2D eigenvalue weighted by Gasteiger charge is -2.26. The third-order valence-corrected chi connectivity index (χ3v) is 4.33. The van der Waals surface area contributed by atoms with Gasteiger partial charge in [-0.25, -0.2) is 0 Å². The predicted molar refractivity (Wildman–Crippen MR) is 76.6 cm³/mol. The van der Waals surface area contributed by atoms with Crippen LogP contribution in [0.15, 0.2) is 23.1 Å². The smallest absolute Gasteiger partial charge is 0.0452 e. The van der Waals surface area contributed by atoms with Gasteiger partial charge < -0.3 is 10.6 Å². The molecule has 2 N–H and O–H groups in total. The molecular formula is C14H22N2S. The first-order valence-electron chi connectivity index (χ1n) is 6.47. The summed E-state index contributed by atoms with van der Waals surface area (Å²) in [5, 5.41) is 0. The van der Waals surface area contributed by atoms with Gasteiger partial charge >= 0.3 is 0 Å². The van der Waals surface area contributed by atoms with Crippen molar-refractivity contribution >= 4 is 17.4 Å². The molecule has 1 fully saturated rings. The van der Waals surface area contributed by atoms with Crippen molar-refractivity contribution in [3.63, 3.8) is 0 Å². The number of aryl methyl sites for hydroxylation is 1. The summed E-state index contributed by atoms with van der Waals surface area (Å²) in [5.74, 6) is 1.15. The Labute approximate surface area is 109 Å². The minimum Gasteiger partial charge on any atom is -0.398 e. The molecule has 94 valence electrons. The Hall–Kier alpha value is -0.670. The third-order valence-electron chi connectivity index (χ3n) is 3.28. The van der Waals surface area contributed by atoms with Gasteiger partial charge in [-0.2, -0.15) is 0 Å². The molecule has 0 amide bonds. The molecule has 0 aromatic heterocycles. The van der Waals surface area contributed by atoms with Crippen molar-refractivity contribution in [2.24, 2.45) is 0 Å². The van der Waals surface area contributed by atoms with Crippen LogP contribution in [0.25, 0.3) is 0 Å². The molecule has 1 aromatic carbocycles. The minimum atomic E-state index is 0.916. The van der Waals surface area contributed by atoms with Gasteiger partial charge in [0.25, 0.3) is 0 Å². The second-order valence-electron chi connectivity index (χ2n) is 4.79. The molecule has 2 nitrogen and oxygen atoms in total. The van der Waals surface area contributed by atoms with E-state index < -0.39 is 0 Å². The lowest BCUT2D eigenvalue weighted by molar-refractivity contribution is 0.242. The Bertz CT molecular complexity index is 359. The SMILES string of the molecule is Cc1ccc(N)c(SCCN2CCCCC2)c1. The summed E-state index contributed by atoms with van der Waals surface area (Å²) >= 11 is 1.89. The van der Waals surface area contributed by atoms with Crippen molar-refractivity contribution in [2.75, 3.05) is 31.1 Å². The van der Waals surface area contributed by atoms with Gasteiger partial charge in [0.15, 0.2) is 0 Å². The maximum atomic E-state index is 5.97. The average molecular weight is 250 g/mol. The van der Waals surface area contributed by atoms with Crippen LogP contribution in [0, 0.1) is 6.92 Å². The Morgan fingerprint density at radius 2 is 2.00 bits per heavy atom. The van der Waals surface area contributed by atoms with E-state index >= 15 is 0 Å². The molecule has 3 heteroatoms. The normalized spacial score (nSPS) is 17.2. The van der Waals surface area contributed by atoms with E-state index in [1.807, 2.05) is 17.8 Å². The Morgan fingerprint density at radius 3 is 2.76 bits per heavy atom. The fourth-order valence-corrected chi connectivity index (χ4v) is 3.31. The van der Waals surface area contributed by atoms with Gasteiger partial charge in [-0.05, 0) is 50.6 Å². The molecule has 1 heterocycles. The molecule has 1 aliphatic heterocycles. The van der Waals surface area contributed by atoms with Gasteiger partial charge in [-0.3, -0.25) is 0 Å². The van der Waals surface area contributed by atoms with Crippen LogP contribution in [0.1, 0.15) is 24.8 Å². The number of nitrogens with zero attached hydrogens (tertiary/aromatic N) is 1. The number of hydrogen-bond donors (Lipinski definition) is 1. The molecule has 2 rings (SSSR count). The van der Waals surface area contributed by atoms with Gasteiger partial charge in [-0.15, -0.1) is 11.8 Å². The van der Waals surface area contributed by atoms with Gasteiger partial charge in [0.1, 0.15) is 0 Å². The van der Waals surface area contributed by atoms with Gasteiger partial charge in [0.05, 0.1) is 0 Å². The zero-order valence-corrected chi connectivity index (χ0v) is 11.4. The molecule has 1 aromatic rings. The molecule has 0 bridgehead atoms. The molecule has 17 heavy (non-hydrogen) atoms. The van der Waals surface area contributed by atoms with E-state index in [1.165, 1.54) is 49.4 Å². The lowest BCUT2D eigenvalue weighted by atomic mass is 10.1. The lowest BCUT2D eigenvalue weighted by Crippen LogP contribution is -2.31. The fraction of sp³-hybridized carbons (Fsp3) is 0.571. The van der Waals surface area contributed by atoms with E-state index in [4.69, 9.17) is 5.73 Å². The second-order valence-corrected chi connectivity index (χ2v) is 5.93. The molecule has 1 saturated heterocycles. The second kappa shape index (κ2) is 6.31. The molecule has 0 aliphatic carbocycles. The summed E-state index contributed by atoms with van der Waals surface area (Å²) in [6.45, 7) is 5.87. The molecule has 1 aliphatic rings. The zero-order chi connectivity index (χ0) is 12.1. The number of benzene rings is 1. The van der Waals surface area contributed by atoms with E-state index in [1.54, 1.807) is 0 Å². The highest BCUT2D eigenvalue weighted by Gasteiger charge is 2.09. The predicted octanol–water partition coefficient (Wildman–Crippen LogP) is 3.16. The monoisotopic (exact) mass is 250 g/mol. The molecule has 0 spiro atoms. The number of thioether (sulfide) groups is 1. The number of piperidine rings is 1. The highest BCUT2D eigenvalue weighted by molar-refractivity contribution is 7.99. The third kappa shape index (κ3) is 3.93. The van der Waals surface area contributed by atoms with E-state index in [-0.39, 0.29) is 0 Å². The molecule has 0 unspecified atom stereocenters. The highest BCUT2D eigenvalue weighted by Crippen LogP contribution is 2.26. The minimum absolute atomic E-state index is 0.916. The first-order chi connectivity index (χ1) is 8.25. The van der Waals surface area contributed by atoms with Crippen LogP contribution < -0.4 is 5.73 Å². The summed E-state index contributed by atoms with van der Waals surface area (Å²) in [7, 11) is 0. The number of nitrogens with two attached hydrogens (primary N) is 1. The topological polar surface area (TPSA) is 29.3 Å².